The van der Waals surface area contributed by atoms with Gasteiger partial charge in [-0.15, -0.1) is 0 Å². The lowest BCUT2D eigenvalue weighted by atomic mass is 10.1. The summed E-state index contributed by atoms with van der Waals surface area (Å²) in [6.45, 7) is 8.63. The number of hydrogen-bond donors (Lipinski definition) is 0. The minimum absolute atomic E-state index is 0. The smallest absolute Gasteiger partial charge is 0.212 e. The van der Waals surface area contributed by atoms with Gasteiger partial charge in [-0.1, -0.05) is 42.4 Å². The van der Waals surface area contributed by atoms with Crippen molar-refractivity contribution >= 4 is 34.4 Å². The van der Waals surface area contributed by atoms with Crippen LogP contribution in [-0.2, 0) is 6.54 Å². The number of thioether (sulfide) groups is 1. The van der Waals surface area contributed by atoms with Gasteiger partial charge < -0.3 is 28.9 Å². The number of halogens is 1. The third-order valence-electron chi connectivity index (χ3n) is 4.89. The molecule has 0 spiro atoms. The van der Waals surface area contributed by atoms with Crippen molar-refractivity contribution in [1.82, 2.24) is 0 Å². The molecule has 140 valence electrons. The molecular weight excluding hydrogens is 463 g/mol. The zero-order valence-corrected chi connectivity index (χ0v) is 19.0. The Hall–Kier alpha value is -1.53. The molecule has 1 aliphatic heterocycles. The van der Waals surface area contributed by atoms with Gasteiger partial charge in [0.05, 0.1) is 10.7 Å². The van der Waals surface area contributed by atoms with Crippen LogP contribution in [0.25, 0.3) is 17.0 Å². The Bertz CT molecular complexity index is 997. The molecule has 27 heavy (non-hydrogen) atoms. The fourth-order valence-electron chi connectivity index (χ4n) is 3.68. The highest BCUT2D eigenvalue weighted by atomic mass is 127. The van der Waals surface area contributed by atoms with Gasteiger partial charge in [0.2, 0.25) is 11.2 Å². The maximum Gasteiger partial charge on any atom is 0.212 e. The highest BCUT2D eigenvalue weighted by molar-refractivity contribution is 8.03. The number of fused-ring (bicyclic) bond motifs is 2. The summed E-state index contributed by atoms with van der Waals surface area (Å²) < 4.78 is 2.41. The molecule has 2 aromatic carbocycles. The van der Waals surface area contributed by atoms with Crippen LogP contribution < -0.4 is 33.4 Å². The first kappa shape index (κ1) is 20.2. The number of aromatic nitrogens is 1. The maximum absolute atomic E-state index is 2.46. The zero-order chi connectivity index (χ0) is 18.1. The Morgan fingerprint density at radius 3 is 2.63 bits per heavy atom. The molecule has 0 amide bonds. The van der Waals surface area contributed by atoms with Gasteiger partial charge in [-0.05, 0) is 44.5 Å². The lowest BCUT2D eigenvalue weighted by Crippen LogP contribution is -3.00. The van der Waals surface area contributed by atoms with E-state index < -0.39 is 0 Å². The van der Waals surface area contributed by atoms with Crippen LogP contribution in [0, 0.1) is 6.92 Å². The van der Waals surface area contributed by atoms with Gasteiger partial charge in [0.15, 0.2) is 0 Å². The quantitative estimate of drug-likeness (QED) is 0.412. The van der Waals surface area contributed by atoms with E-state index in [0.29, 0.717) is 0 Å². The first-order chi connectivity index (χ1) is 12.7. The first-order valence-electron chi connectivity index (χ1n) is 9.40. The van der Waals surface area contributed by atoms with Gasteiger partial charge in [0.25, 0.3) is 0 Å². The second-order valence-electron chi connectivity index (χ2n) is 6.77. The van der Waals surface area contributed by atoms with Crippen LogP contribution in [0.5, 0.6) is 0 Å². The van der Waals surface area contributed by atoms with E-state index in [0.717, 1.165) is 19.5 Å². The van der Waals surface area contributed by atoms with Crippen molar-refractivity contribution in [3.05, 3.63) is 70.9 Å². The van der Waals surface area contributed by atoms with Gasteiger partial charge in [-0.25, -0.2) is 0 Å². The Kier molecular flexibility index (Phi) is 6.48. The fourth-order valence-corrected chi connectivity index (χ4v) is 4.81. The van der Waals surface area contributed by atoms with Gasteiger partial charge in [0, 0.05) is 35.0 Å². The van der Waals surface area contributed by atoms with E-state index in [1.165, 1.54) is 37.8 Å². The third-order valence-corrected chi connectivity index (χ3v) is 6.00. The summed E-state index contributed by atoms with van der Waals surface area (Å²) >= 11 is 1.88. The van der Waals surface area contributed by atoms with E-state index in [2.05, 4.69) is 90.9 Å². The number of pyridine rings is 1. The van der Waals surface area contributed by atoms with Crippen molar-refractivity contribution in [2.45, 2.75) is 38.6 Å². The number of nitrogens with zero attached hydrogens (tertiary/aromatic N) is 2. The van der Waals surface area contributed by atoms with E-state index in [9.17, 15) is 0 Å². The Morgan fingerprint density at radius 1 is 1.04 bits per heavy atom. The van der Waals surface area contributed by atoms with E-state index in [1.54, 1.807) is 0 Å². The SMILES string of the molecule is CCCN1/C(=C/c2ccc3cc(C)ccc3[n+]2CC)Sc2ccccc21.[I-]. The summed E-state index contributed by atoms with van der Waals surface area (Å²) in [5.41, 5.74) is 5.21. The number of aryl methyl sites for hydroxylation is 2. The van der Waals surface area contributed by atoms with Crippen LogP contribution in [0.4, 0.5) is 5.69 Å². The molecule has 4 rings (SSSR count). The lowest BCUT2D eigenvalue weighted by molar-refractivity contribution is -0.669. The molecule has 0 bridgehead atoms. The molecule has 0 unspecified atom stereocenters. The molecular formula is C23H25IN2S. The van der Waals surface area contributed by atoms with Crippen LogP contribution in [0.2, 0.25) is 0 Å². The minimum atomic E-state index is 0. The average Bonchev–Trinajstić information content (AvgIpc) is 2.99. The number of benzene rings is 2. The van der Waals surface area contributed by atoms with Crippen molar-refractivity contribution in [2.24, 2.45) is 0 Å². The average molecular weight is 488 g/mol. The van der Waals surface area contributed by atoms with Crippen molar-refractivity contribution in [3.8, 4) is 0 Å². The summed E-state index contributed by atoms with van der Waals surface area (Å²) in [7, 11) is 0. The monoisotopic (exact) mass is 488 g/mol. The summed E-state index contributed by atoms with van der Waals surface area (Å²) in [4.78, 5) is 3.81. The number of rotatable bonds is 4. The molecule has 1 aromatic heterocycles. The molecule has 2 heterocycles. The highest BCUT2D eigenvalue weighted by Crippen LogP contribution is 2.46. The summed E-state index contributed by atoms with van der Waals surface area (Å²) in [6, 6.07) is 19.9. The molecule has 4 heteroatoms. The maximum atomic E-state index is 2.46. The standard InChI is InChI=1S/C23H25N2S.HI/c1-4-14-25-21-8-6-7-9-22(21)26-23(25)16-19-12-11-18-15-17(3)10-13-20(18)24(19)5-2;/h6-13,15-16H,4-5,14H2,1-3H3;1H/q+1;/p-1. The Balaban J connectivity index is 0.00000210. The first-order valence-corrected chi connectivity index (χ1v) is 10.2. The van der Waals surface area contributed by atoms with Crippen LogP contribution >= 0.6 is 11.8 Å². The molecule has 0 saturated carbocycles. The molecule has 0 radical (unpaired) electrons. The lowest BCUT2D eigenvalue weighted by Gasteiger charge is -2.19. The zero-order valence-electron chi connectivity index (χ0n) is 16.1. The van der Waals surface area contributed by atoms with Crippen LogP contribution in [0.1, 0.15) is 31.5 Å². The Labute approximate surface area is 183 Å². The number of hydrogen-bond acceptors (Lipinski definition) is 2. The van der Waals surface area contributed by atoms with Crippen molar-refractivity contribution in [1.29, 1.82) is 0 Å². The minimum Gasteiger partial charge on any atom is -1.00 e. The van der Waals surface area contributed by atoms with Crippen LogP contribution in [0.3, 0.4) is 0 Å². The number of para-hydroxylation sites is 1. The predicted octanol–water partition coefficient (Wildman–Crippen LogP) is 2.78. The van der Waals surface area contributed by atoms with Gasteiger partial charge in [-0.3, -0.25) is 0 Å². The molecule has 0 N–H and O–H groups in total. The van der Waals surface area contributed by atoms with E-state index in [4.69, 9.17) is 0 Å². The van der Waals surface area contributed by atoms with E-state index in [-0.39, 0.29) is 24.0 Å². The van der Waals surface area contributed by atoms with Gasteiger partial charge in [0.1, 0.15) is 6.54 Å². The molecule has 1 aliphatic rings. The van der Waals surface area contributed by atoms with Crippen molar-refractivity contribution in [3.63, 3.8) is 0 Å². The Morgan fingerprint density at radius 2 is 1.85 bits per heavy atom. The van der Waals surface area contributed by atoms with E-state index >= 15 is 0 Å². The summed E-state index contributed by atoms with van der Waals surface area (Å²) in [5.74, 6) is 0. The molecule has 0 atom stereocenters. The molecule has 0 saturated heterocycles. The van der Waals surface area contributed by atoms with Gasteiger partial charge >= 0.3 is 0 Å². The molecule has 0 aliphatic carbocycles. The van der Waals surface area contributed by atoms with E-state index in [1.807, 2.05) is 11.8 Å². The van der Waals surface area contributed by atoms with Crippen molar-refractivity contribution in [2.75, 3.05) is 11.4 Å². The van der Waals surface area contributed by atoms with Crippen LogP contribution in [-0.4, -0.2) is 6.54 Å². The highest BCUT2D eigenvalue weighted by Gasteiger charge is 2.25. The normalized spacial score (nSPS) is 14.5. The molecule has 0 fully saturated rings. The second-order valence-corrected chi connectivity index (χ2v) is 7.83. The molecule has 3 aromatic rings. The van der Waals surface area contributed by atoms with Crippen LogP contribution in [0.15, 0.2) is 64.5 Å². The summed E-state index contributed by atoms with van der Waals surface area (Å²) in [6.07, 6.45) is 3.49. The second kappa shape index (κ2) is 8.65. The predicted molar refractivity (Wildman–Crippen MR) is 112 cm³/mol. The molecule has 2 nitrogen and oxygen atoms in total. The van der Waals surface area contributed by atoms with Crippen molar-refractivity contribution < 1.29 is 28.5 Å². The fraction of sp³-hybridized carbons (Fsp3) is 0.261. The van der Waals surface area contributed by atoms with Gasteiger partial charge in [-0.2, -0.15) is 4.57 Å². The topological polar surface area (TPSA) is 7.12 Å². The number of anilines is 1. The summed E-state index contributed by atoms with van der Waals surface area (Å²) in [5, 5.41) is 2.63. The third kappa shape index (κ3) is 3.87. The largest absolute Gasteiger partial charge is 1.00 e.